The predicted octanol–water partition coefficient (Wildman–Crippen LogP) is 4.24. The van der Waals surface area contributed by atoms with Crippen molar-refractivity contribution in [2.75, 3.05) is 6.61 Å². The number of amides is 1. The standard InChI is InChI=1S/C20H25NO2/c1-15(16-8-6-5-7-9-16)21-19(22)14-23-18-12-10-17(11-13-18)20(2,3)4/h5-13,15H,14H2,1-4H3,(H,21,22)/t15-/m1/s1. The smallest absolute Gasteiger partial charge is 0.258 e. The summed E-state index contributed by atoms with van der Waals surface area (Å²) in [5.41, 5.74) is 2.43. The molecule has 0 saturated heterocycles. The molecule has 3 nitrogen and oxygen atoms in total. The normalized spacial score (nSPS) is 12.5. The molecule has 2 aromatic rings. The van der Waals surface area contributed by atoms with Crippen LogP contribution in [0.5, 0.6) is 5.75 Å². The lowest BCUT2D eigenvalue weighted by Gasteiger charge is -2.19. The quantitative estimate of drug-likeness (QED) is 0.897. The summed E-state index contributed by atoms with van der Waals surface area (Å²) in [6.07, 6.45) is 0. The topological polar surface area (TPSA) is 38.3 Å². The monoisotopic (exact) mass is 311 g/mol. The maximum atomic E-state index is 12.0. The van der Waals surface area contributed by atoms with Gasteiger partial charge in [0.1, 0.15) is 5.75 Å². The maximum Gasteiger partial charge on any atom is 0.258 e. The third-order valence-electron chi connectivity index (χ3n) is 3.77. The van der Waals surface area contributed by atoms with Crippen LogP contribution in [0.15, 0.2) is 54.6 Å². The van der Waals surface area contributed by atoms with Crippen molar-refractivity contribution in [2.45, 2.75) is 39.2 Å². The average molecular weight is 311 g/mol. The minimum absolute atomic E-state index is 0.0199. The third-order valence-corrected chi connectivity index (χ3v) is 3.77. The molecule has 3 heteroatoms. The largest absolute Gasteiger partial charge is 0.484 e. The number of ether oxygens (including phenoxy) is 1. The molecule has 0 aliphatic carbocycles. The highest BCUT2D eigenvalue weighted by atomic mass is 16.5. The zero-order valence-electron chi connectivity index (χ0n) is 14.3. The highest BCUT2D eigenvalue weighted by molar-refractivity contribution is 5.78. The highest BCUT2D eigenvalue weighted by Crippen LogP contribution is 2.24. The zero-order chi connectivity index (χ0) is 16.9. The SMILES string of the molecule is C[C@@H](NC(=O)COc1ccc(C(C)(C)C)cc1)c1ccccc1. The Bertz CT molecular complexity index is 627. The summed E-state index contributed by atoms with van der Waals surface area (Å²) in [7, 11) is 0. The first-order valence-corrected chi connectivity index (χ1v) is 7.94. The van der Waals surface area contributed by atoms with Crippen molar-refractivity contribution in [2.24, 2.45) is 0 Å². The van der Waals surface area contributed by atoms with Gasteiger partial charge in [0.2, 0.25) is 0 Å². The molecule has 0 spiro atoms. The fraction of sp³-hybridized carbons (Fsp3) is 0.350. The minimum atomic E-state index is -0.124. The van der Waals surface area contributed by atoms with Crippen molar-refractivity contribution in [1.29, 1.82) is 0 Å². The van der Waals surface area contributed by atoms with Crippen molar-refractivity contribution in [3.05, 3.63) is 65.7 Å². The van der Waals surface area contributed by atoms with E-state index in [9.17, 15) is 4.79 Å². The fourth-order valence-electron chi connectivity index (χ4n) is 2.31. The molecule has 1 atom stereocenters. The van der Waals surface area contributed by atoms with Crippen LogP contribution >= 0.6 is 0 Å². The lowest BCUT2D eigenvalue weighted by molar-refractivity contribution is -0.123. The van der Waals surface area contributed by atoms with E-state index in [2.05, 4.69) is 26.1 Å². The molecule has 122 valence electrons. The molecular formula is C20H25NO2. The van der Waals surface area contributed by atoms with Gasteiger partial charge in [-0.3, -0.25) is 4.79 Å². The van der Waals surface area contributed by atoms with Gasteiger partial charge >= 0.3 is 0 Å². The summed E-state index contributed by atoms with van der Waals surface area (Å²) in [6, 6.07) is 17.8. The molecule has 0 fully saturated rings. The van der Waals surface area contributed by atoms with Crippen LogP contribution in [0.2, 0.25) is 0 Å². The van der Waals surface area contributed by atoms with E-state index < -0.39 is 0 Å². The molecule has 0 bridgehead atoms. The summed E-state index contributed by atoms with van der Waals surface area (Å²) >= 11 is 0. The Kier molecular flexibility index (Phi) is 5.43. The Morgan fingerprint density at radius 1 is 1.04 bits per heavy atom. The molecule has 0 radical (unpaired) electrons. The van der Waals surface area contributed by atoms with Crippen LogP contribution in [-0.4, -0.2) is 12.5 Å². The number of hydrogen-bond donors (Lipinski definition) is 1. The fourth-order valence-corrected chi connectivity index (χ4v) is 2.31. The molecule has 0 aromatic heterocycles. The zero-order valence-corrected chi connectivity index (χ0v) is 14.3. The van der Waals surface area contributed by atoms with Gasteiger partial charge in [-0.25, -0.2) is 0 Å². The summed E-state index contributed by atoms with van der Waals surface area (Å²) < 4.78 is 5.56. The van der Waals surface area contributed by atoms with Crippen molar-refractivity contribution >= 4 is 5.91 Å². The van der Waals surface area contributed by atoms with Crippen molar-refractivity contribution < 1.29 is 9.53 Å². The predicted molar refractivity (Wildman–Crippen MR) is 93.6 cm³/mol. The van der Waals surface area contributed by atoms with E-state index in [1.165, 1.54) is 5.56 Å². The van der Waals surface area contributed by atoms with Gasteiger partial charge in [-0.2, -0.15) is 0 Å². The third kappa shape index (κ3) is 5.13. The number of rotatable bonds is 5. The Hall–Kier alpha value is -2.29. The number of nitrogens with one attached hydrogen (secondary N) is 1. The summed E-state index contributed by atoms with van der Waals surface area (Å²) in [4.78, 5) is 12.0. The van der Waals surface area contributed by atoms with Gasteiger partial charge in [-0.15, -0.1) is 0 Å². The molecule has 1 N–H and O–H groups in total. The molecule has 0 saturated carbocycles. The summed E-state index contributed by atoms with van der Waals surface area (Å²) in [5, 5.41) is 2.94. The number of hydrogen-bond acceptors (Lipinski definition) is 2. The molecule has 2 aromatic carbocycles. The number of carbonyl (C=O) groups is 1. The molecule has 0 heterocycles. The van der Waals surface area contributed by atoms with Gasteiger partial charge < -0.3 is 10.1 Å². The summed E-state index contributed by atoms with van der Waals surface area (Å²) in [5.74, 6) is 0.585. The molecular weight excluding hydrogens is 286 g/mol. The second-order valence-corrected chi connectivity index (χ2v) is 6.76. The molecule has 0 aliphatic rings. The molecule has 2 rings (SSSR count). The minimum Gasteiger partial charge on any atom is -0.484 e. The maximum absolute atomic E-state index is 12.0. The molecule has 0 unspecified atom stereocenters. The molecule has 1 amide bonds. The van der Waals surface area contributed by atoms with E-state index in [1.54, 1.807) is 0 Å². The Labute approximate surface area is 138 Å². The van der Waals surface area contributed by atoms with Gasteiger partial charge in [-0.05, 0) is 35.6 Å². The number of benzene rings is 2. The second-order valence-electron chi connectivity index (χ2n) is 6.76. The molecule has 23 heavy (non-hydrogen) atoms. The number of carbonyl (C=O) groups excluding carboxylic acids is 1. The van der Waals surface area contributed by atoms with Gasteiger partial charge in [0.25, 0.3) is 5.91 Å². The Balaban J connectivity index is 1.85. The van der Waals surface area contributed by atoms with Gasteiger partial charge in [0.15, 0.2) is 6.61 Å². The van der Waals surface area contributed by atoms with Crippen LogP contribution in [0.25, 0.3) is 0 Å². The van der Waals surface area contributed by atoms with Crippen LogP contribution in [-0.2, 0) is 10.2 Å². The first kappa shape index (κ1) is 17.1. The van der Waals surface area contributed by atoms with Gasteiger partial charge in [0, 0.05) is 0 Å². The van der Waals surface area contributed by atoms with E-state index in [-0.39, 0.29) is 24.0 Å². The van der Waals surface area contributed by atoms with Crippen LogP contribution in [0, 0.1) is 0 Å². The second kappa shape index (κ2) is 7.32. The average Bonchev–Trinajstić information content (AvgIpc) is 2.53. The van der Waals surface area contributed by atoms with Gasteiger partial charge in [-0.1, -0.05) is 63.2 Å². The Morgan fingerprint density at radius 2 is 1.65 bits per heavy atom. The van der Waals surface area contributed by atoms with Crippen molar-refractivity contribution in [3.8, 4) is 5.75 Å². The van der Waals surface area contributed by atoms with E-state index in [0.717, 1.165) is 5.56 Å². The first-order valence-electron chi connectivity index (χ1n) is 7.94. The summed E-state index contributed by atoms with van der Waals surface area (Å²) in [6.45, 7) is 8.49. The van der Waals surface area contributed by atoms with E-state index in [1.807, 2.05) is 61.5 Å². The van der Waals surface area contributed by atoms with Crippen LogP contribution < -0.4 is 10.1 Å². The lowest BCUT2D eigenvalue weighted by atomic mass is 9.87. The Morgan fingerprint density at radius 3 is 2.22 bits per heavy atom. The van der Waals surface area contributed by atoms with Crippen LogP contribution in [0.1, 0.15) is 44.9 Å². The molecule has 0 aliphatic heterocycles. The highest BCUT2D eigenvalue weighted by Gasteiger charge is 2.13. The van der Waals surface area contributed by atoms with Gasteiger partial charge in [0.05, 0.1) is 6.04 Å². The van der Waals surface area contributed by atoms with E-state index in [0.29, 0.717) is 5.75 Å². The van der Waals surface area contributed by atoms with Crippen molar-refractivity contribution in [1.82, 2.24) is 5.32 Å². The van der Waals surface area contributed by atoms with Crippen LogP contribution in [0.3, 0.4) is 0 Å². The van der Waals surface area contributed by atoms with E-state index in [4.69, 9.17) is 4.74 Å². The first-order chi connectivity index (χ1) is 10.9. The van der Waals surface area contributed by atoms with E-state index >= 15 is 0 Å². The van der Waals surface area contributed by atoms with Crippen molar-refractivity contribution in [3.63, 3.8) is 0 Å². The lowest BCUT2D eigenvalue weighted by Crippen LogP contribution is -2.31. The van der Waals surface area contributed by atoms with Crippen LogP contribution in [0.4, 0.5) is 0 Å².